The number of carbonyl (C=O) groups is 1. The number of fused-ring (bicyclic) bond motifs is 1. The van der Waals surface area contributed by atoms with Gasteiger partial charge in [-0.3, -0.25) is 4.79 Å². The Bertz CT molecular complexity index is 986. The number of amides is 1. The first-order valence-electron chi connectivity index (χ1n) is 8.74. The molecule has 27 heavy (non-hydrogen) atoms. The highest BCUT2D eigenvalue weighted by molar-refractivity contribution is 5.94. The highest BCUT2D eigenvalue weighted by atomic mass is 19.1. The molecule has 0 unspecified atom stereocenters. The Morgan fingerprint density at radius 3 is 2.85 bits per heavy atom. The van der Waals surface area contributed by atoms with Crippen LogP contribution >= 0.6 is 0 Å². The van der Waals surface area contributed by atoms with Gasteiger partial charge in [0.25, 0.3) is 5.91 Å². The molecule has 0 spiro atoms. The van der Waals surface area contributed by atoms with Gasteiger partial charge in [0, 0.05) is 18.8 Å². The van der Waals surface area contributed by atoms with Crippen LogP contribution in [0.25, 0.3) is 0 Å². The first kappa shape index (κ1) is 17.1. The fourth-order valence-corrected chi connectivity index (χ4v) is 3.15. The van der Waals surface area contributed by atoms with Gasteiger partial charge < -0.3 is 10.2 Å². The topological polar surface area (TPSA) is 75.9 Å². The number of carbonyl (C=O) groups excluding carboxylic acids is 1. The van der Waals surface area contributed by atoms with E-state index in [4.69, 9.17) is 0 Å². The van der Waals surface area contributed by atoms with E-state index in [2.05, 4.69) is 20.6 Å². The molecule has 3 heterocycles. The quantitative estimate of drug-likeness (QED) is 0.750. The zero-order valence-corrected chi connectivity index (χ0v) is 14.9. The van der Waals surface area contributed by atoms with Gasteiger partial charge in [-0.15, -0.1) is 5.10 Å². The normalized spacial score (nSPS) is 13.6. The third kappa shape index (κ3) is 3.64. The molecule has 0 saturated heterocycles. The third-order valence-electron chi connectivity index (χ3n) is 4.46. The molecule has 0 aliphatic carbocycles. The highest BCUT2D eigenvalue weighted by Crippen LogP contribution is 2.18. The molecular formula is C19H19FN6O. The van der Waals surface area contributed by atoms with Gasteiger partial charge in [0.15, 0.2) is 5.69 Å². The summed E-state index contributed by atoms with van der Waals surface area (Å²) >= 11 is 0. The van der Waals surface area contributed by atoms with Crippen LogP contribution in [0.15, 0.2) is 42.5 Å². The van der Waals surface area contributed by atoms with E-state index in [9.17, 15) is 9.18 Å². The Labute approximate surface area is 155 Å². The van der Waals surface area contributed by atoms with Gasteiger partial charge in [0.1, 0.15) is 17.3 Å². The minimum atomic E-state index is -0.306. The number of nitrogens with zero attached hydrogens (tertiary/aromatic N) is 5. The first-order chi connectivity index (χ1) is 13.1. The minimum Gasteiger partial charge on any atom is -0.364 e. The van der Waals surface area contributed by atoms with E-state index in [1.165, 1.54) is 12.1 Å². The highest BCUT2D eigenvalue weighted by Gasteiger charge is 2.29. The summed E-state index contributed by atoms with van der Waals surface area (Å²) in [6, 6.07) is 12.0. The molecular weight excluding hydrogens is 347 g/mol. The van der Waals surface area contributed by atoms with Crippen molar-refractivity contribution in [3.8, 4) is 0 Å². The lowest BCUT2D eigenvalue weighted by Gasteiger charge is -2.27. The molecule has 2 aromatic heterocycles. The van der Waals surface area contributed by atoms with Gasteiger partial charge in [-0.1, -0.05) is 23.4 Å². The second-order valence-corrected chi connectivity index (χ2v) is 6.48. The number of nitrogens with one attached hydrogen (secondary N) is 1. The summed E-state index contributed by atoms with van der Waals surface area (Å²) in [6.45, 7) is 3.70. The second kappa shape index (κ2) is 7.14. The van der Waals surface area contributed by atoms with Crippen LogP contribution in [-0.4, -0.2) is 37.3 Å². The molecule has 0 radical (unpaired) electrons. The lowest BCUT2D eigenvalue weighted by molar-refractivity contribution is 0.0682. The van der Waals surface area contributed by atoms with Crippen LogP contribution in [0.3, 0.4) is 0 Å². The average Bonchev–Trinajstić information content (AvgIpc) is 3.06. The zero-order chi connectivity index (χ0) is 18.8. The van der Waals surface area contributed by atoms with Crippen molar-refractivity contribution in [1.29, 1.82) is 0 Å². The molecule has 1 amide bonds. The summed E-state index contributed by atoms with van der Waals surface area (Å²) in [5.41, 5.74) is 2.71. The summed E-state index contributed by atoms with van der Waals surface area (Å²) in [4.78, 5) is 19.0. The Hall–Kier alpha value is -3.29. The number of halogens is 1. The van der Waals surface area contributed by atoms with E-state index >= 15 is 0 Å². The summed E-state index contributed by atoms with van der Waals surface area (Å²) < 4.78 is 15.1. The smallest absolute Gasteiger partial charge is 0.274 e. The monoisotopic (exact) mass is 366 g/mol. The first-order valence-corrected chi connectivity index (χ1v) is 8.74. The maximum atomic E-state index is 13.4. The van der Waals surface area contributed by atoms with E-state index in [1.807, 2.05) is 31.2 Å². The van der Waals surface area contributed by atoms with Crippen molar-refractivity contribution in [3.63, 3.8) is 0 Å². The average molecular weight is 366 g/mol. The Balaban J connectivity index is 1.51. The molecule has 138 valence electrons. The van der Waals surface area contributed by atoms with Crippen LogP contribution in [0, 0.1) is 12.7 Å². The molecule has 1 aromatic carbocycles. The zero-order valence-electron chi connectivity index (χ0n) is 14.9. The van der Waals surface area contributed by atoms with Gasteiger partial charge in [0.2, 0.25) is 0 Å². The van der Waals surface area contributed by atoms with Crippen LogP contribution in [0.2, 0.25) is 0 Å². The van der Waals surface area contributed by atoms with Crippen LogP contribution in [0.5, 0.6) is 0 Å². The molecule has 7 nitrogen and oxygen atoms in total. The predicted molar refractivity (Wildman–Crippen MR) is 97.5 cm³/mol. The standard InChI is InChI=1S/C19H19FN6O/c1-13-4-2-7-17(22-13)21-11-16-18-19(27)25(8-9-26(18)24-23-16)12-14-5-3-6-15(20)10-14/h2-7,10H,8-9,11-12H2,1H3,(H,21,22). The molecule has 1 aliphatic heterocycles. The second-order valence-electron chi connectivity index (χ2n) is 6.48. The van der Waals surface area contributed by atoms with Gasteiger partial charge in [-0.05, 0) is 36.8 Å². The summed E-state index contributed by atoms with van der Waals surface area (Å²) in [7, 11) is 0. The van der Waals surface area contributed by atoms with Crippen molar-refractivity contribution < 1.29 is 9.18 Å². The Kier molecular flexibility index (Phi) is 4.53. The lowest BCUT2D eigenvalue weighted by atomic mass is 10.1. The largest absolute Gasteiger partial charge is 0.364 e. The van der Waals surface area contributed by atoms with Crippen LogP contribution in [0.1, 0.15) is 27.4 Å². The molecule has 0 atom stereocenters. The number of rotatable bonds is 5. The van der Waals surface area contributed by atoms with Crippen molar-refractivity contribution in [2.75, 3.05) is 11.9 Å². The summed E-state index contributed by atoms with van der Waals surface area (Å²) in [5.74, 6) is 0.264. The van der Waals surface area contributed by atoms with Gasteiger partial charge in [-0.25, -0.2) is 14.1 Å². The number of aryl methyl sites for hydroxylation is 1. The van der Waals surface area contributed by atoms with Crippen LogP contribution in [0.4, 0.5) is 10.2 Å². The van der Waals surface area contributed by atoms with Crippen molar-refractivity contribution in [2.45, 2.75) is 26.6 Å². The molecule has 1 aliphatic rings. The molecule has 8 heteroatoms. The minimum absolute atomic E-state index is 0.149. The SMILES string of the molecule is Cc1cccc(NCc2nnn3c2C(=O)N(Cc2cccc(F)c2)CC3)n1. The maximum absolute atomic E-state index is 13.4. The van der Waals surface area contributed by atoms with Crippen LogP contribution in [-0.2, 0) is 19.6 Å². The summed E-state index contributed by atoms with van der Waals surface area (Å²) in [6.07, 6.45) is 0. The van der Waals surface area contributed by atoms with Crippen molar-refractivity contribution in [2.24, 2.45) is 0 Å². The van der Waals surface area contributed by atoms with Crippen LogP contribution < -0.4 is 5.32 Å². The van der Waals surface area contributed by atoms with Crippen molar-refractivity contribution >= 4 is 11.7 Å². The number of pyridine rings is 1. The van der Waals surface area contributed by atoms with E-state index in [0.717, 1.165) is 17.1 Å². The van der Waals surface area contributed by atoms with Gasteiger partial charge >= 0.3 is 0 Å². The van der Waals surface area contributed by atoms with E-state index in [-0.39, 0.29) is 11.7 Å². The van der Waals surface area contributed by atoms with Gasteiger partial charge in [-0.2, -0.15) is 0 Å². The number of aromatic nitrogens is 4. The fraction of sp³-hybridized carbons (Fsp3) is 0.263. The Morgan fingerprint density at radius 1 is 1.19 bits per heavy atom. The van der Waals surface area contributed by atoms with Crippen molar-refractivity contribution in [1.82, 2.24) is 24.9 Å². The van der Waals surface area contributed by atoms with E-state index in [1.54, 1.807) is 15.6 Å². The van der Waals surface area contributed by atoms with Gasteiger partial charge in [0.05, 0.1) is 13.1 Å². The Morgan fingerprint density at radius 2 is 2.04 bits per heavy atom. The molecule has 1 N–H and O–H groups in total. The van der Waals surface area contributed by atoms with Crippen molar-refractivity contribution in [3.05, 3.63) is 70.9 Å². The number of benzene rings is 1. The molecule has 0 bridgehead atoms. The summed E-state index contributed by atoms with van der Waals surface area (Å²) in [5, 5.41) is 11.4. The number of hydrogen-bond donors (Lipinski definition) is 1. The molecule has 0 fully saturated rings. The number of anilines is 1. The molecule has 0 saturated carbocycles. The molecule has 4 rings (SSSR count). The number of hydrogen-bond acceptors (Lipinski definition) is 5. The predicted octanol–water partition coefficient (Wildman–Crippen LogP) is 2.39. The lowest BCUT2D eigenvalue weighted by Crippen LogP contribution is -2.40. The van der Waals surface area contributed by atoms with E-state index in [0.29, 0.717) is 37.6 Å². The maximum Gasteiger partial charge on any atom is 0.274 e. The van der Waals surface area contributed by atoms with E-state index < -0.39 is 0 Å². The third-order valence-corrected chi connectivity index (χ3v) is 4.46. The fourth-order valence-electron chi connectivity index (χ4n) is 3.15. The molecule has 3 aromatic rings.